The van der Waals surface area contributed by atoms with Crippen molar-refractivity contribution in [2.24, 2.45) is 11.8 Å². The van der Waals surface area contributed by atoms with Gasteiger partial charge in [0, 0.05) is 19.3 Å². The number of amides is 1. The van der Waals surface area contributed by atoms with Crippen LogP contribution in [0.1, 0.15) is 23.0 Å². The number of ether oxygens (including phenoxy) is 1. The maximum atomic E-state index is 12.3. The molecule has 0 radical (unpaired) electrons. The number of methoxy groups -OCH3 is 1. The third-order valence-electron chi connectivity index (χ3n) is 3.52. The number of hydrogen-bond donors (Lipinski definition) is 0. The highest BCUT2D eigenvalue weighted by atomic mass is 16.5. The Bertz CT molecular complexity index is 562. The fourth-order valence-electron chi connectivity index (χ4n) is 2.34. The van der Waals surface area contributed by atoms with Crippen molar-refractivity contribution in [2.45, 2.75) is 6.92 Å². The number of nitrogens with zero attached hydrogens (tertiary/aromatic N) is 3. The normalized spacial score (nSPS) is 21.4. The summed E-state index contributed by atoms with van der Waals surface area (Å²) in [4.78, 5) is 29.5. The lowest BCUT2D eigenvalue weighted by molar-refractivity contribution is -0.146. The van der Waals surface area contributed by atoms with Gasteiger partial charge in [-0.1, -0.05) is 6.92 Å². The zero-order valence-electron chi connectivity index (χ0n) is 11.4. The number of nitriles is 1. The fraction of sp³-hybridized carbons (Fsp3) is 0.429. The third-order valence-corrected chi connectivity index (χ3v) is 3.52. The minimum atomic E-state index is -0.291. The van der Waals surface area contributed by atoms with Crippen molar-refractivity contribution < 1.29 is 14.3 Å². The lowest BCUT2D eigenvalue weighted by atomic mass is 9.99. The molecule has 1 aromatic heterocycles. The largest absolute Gasteiger partial charge is 0.469 e. The van der Waals surface area contributed by atoms with Crippen molar-refractivity contribution in [3.8, 4) is 6.07 Å². The van der Waals surface area contributed by atoms with E-state index in [4.69, 9.17) is 10.00 Å². The maximum absolute atomic E-state index is 12.3. The molecule has 0 saturated carbocycles. The molecule has 104 valence electrons. The number of rotatable bonds is 2. The van der Waals surface area contributed by atoms with Gasteiger partial charge in [-0.05, 0) is 18.1 Å². The van der Waals surface area contributed by atoms with Gasteiger partial charge in [-0.2, -0.15) is 5.26 Å². The molecule has 20 heavy (non-hydrogen) atoms. The molecule has 2 unspecified atom stereocenters. The van der Waals surface area contributed by atoms with Crippen molar-refractivity contribution in [1.29, 1.82) is 5.26 Å². The highest BCUT2D eigenvalue weighted by molar-refractivity contribution is 5.93. The minimum absolute atomic E-state index is 0.0600. The molecule has 6 heteroatoms. The molecule has 0 N–H and O–H groups in total. The first-order valence-electron chi connectivity index (χ1n) is 6.30. The van der Waals surface area contributed by atoms with E-state index in [1.54, 1.807) is 11.0 Å². The molecule has 0 spiro atoms. The van der Waals surface area contributed by atoms with Crippen molar-refractivity contribution in [3.63, 3.8) is 0 Å². The van der Waals surface area contributed by atoms with E-state index in [0.29, 0.717) is 18.7 Å². The van der Waals surface area contributed by atoms with E-state index in [1.807, 2.05) is 13.0 Å². The first-order chi connectivity index (χ1) is 9.56. The number of likely N-dealkylation sites (tertiary alicyclic amines) is 1. The lowest BCUT2D eigenvalue weighted by Gasteiger charge is -2.15. The van der Waals surface area contributed by atoms with Crippen LogP contribution >= 0.6 is 0 Å². The Morgan fingerprint density at radius 2 is 2.20 bits per heavy atom. The smallest absolute Gasteiger partial charge is 0.310 e. The Hall–Kier alpha value is -2.42. The quantitative estimate of drug-likeness (QED) is 0.745. The molecule has 6 nitrogen and oxygen atoms in total. The summed E-state index contributed by atoms with van der Waals surface area (Å²) in [6, 6.07) is 5.03. The Morgan fingerprint density at radius 3 is 2.75 bits per heavy atom. The summed E-state index contributed by atoms with van der Waals surface area (Å²) in [5.74, 6) is -0.750. The molecule has 2 rings (SSSR count). The Morgan fingerprint density at radius 1 is 1.45 bits per heavy atom. The van der Waals surface area contributed by atoms with E-state index >= 15 is 0 Å². The van der Waals surface area contributed by atoms with Gasteiger partial charge in [0.25, 0.3) is 5.91 Å². The van der Waals surface area contributed by atoms with Gasteiger partial charge in [0.05, 0.1) is 18.6 Å². The molecule has 1 amide bonds. The highest BCUT2D eigenvalue weighted by Gasteiger charge is 2.38. The summed E-state index contributed by atoms with van der Waals surface area (Å²) in [6.45, 7) is 2.76. The van der Waals surface area contributed by atoms with E-state index in [-0.39, 0.29) is 29.4 Å². The molecule has 0 bridgehead atoms. The monoisotopic (exact) mass is 273 g/mol. The summed E-state index contributed by atoms with van der Waals surface area (Å²) < 4.78 is 4.74. The maximum Gasteiger partial charge on any atom is 0.310 e. The van der Waals surface area contributed by atoms with E-state index in [1.165, 1.54) is 19.4 Å². The van der Waals surface area contributed by atoms with Crippen molar-refractivity contribution in [2.75, 3.05) is 20.2 Å². The van der Waals surface area contributed by atoms with Crippen LogP contribution in [0.25, 0.3) is 0 Å². The van der Waals surface area contributed by atoms with Crippen molar-refractivity contribution >= 4 is 11.9 Å². The van der Waals surface area contributed by atoms with Gasteiger partial charge in [-0.3, -0.25) is 9.59 Å². The van der Waals surface area contributed by atoms with E-state index in [9.17, 15) is 9.59 Å². The minimum Gasteiger partial charge on any atom is -0.469 e. The third kappa shape index (κ3) is 2.62. The van der Waals surface area contributed by atoms with Crippen molar-refractivity contribution in [1.82, 2.24) is 9.88 Å². The Balaban J connectivity index is 2.10. The predicted octanol–water partition coefficient (Wildman–Crippen LogP) is 0.834. The second-order valence-electron chi connectivity index (χ2n) is 4.86. The van der Waals surface area contributed by atoms with Gasteiger partial charge in [0.1, 0.15) is 11.8 Å². The van der Waals surface area contributed by atoms with Crippen LogP contribution in [0.15, 0.2) is 18.3 Å². The molecule has 1 aliphatic heterocycles. The molecular weight excluding hydrogens is 258 g/mol. The summed E-state index contributed by atoms with van der Waals surface area (Å²) in [5.41, 5.74) is 0.686. The molecule has 1 fully saturated rings. The number of carbonyl (C=O) groups excluding carboxylic acids is 2. The van der Waals surface area contributed by atoms with Crippen LogP contribution in [0.2, 0.25) is 0 Å². The predicted molar refractivity (Wildman–Crippen MR) is 69.5 cm³/mol. The number of hydrogen-bond acceptors (Lipinski definition) is 5. The summed E-state index contributed by atoms with van der Waals surface area (Å²) in [6.07, 6.45) is 1.37. The molecule has 0 aliphatic carbocycles. The molecule has 1 aromatic rings. The lowest BCUT2D eigenvalue weighted by Crippen LogP contribution is -2.30. The topological polar surface area (TPSA) is 83.3 Å². The van der Waals surface area contributed by atoms with E-state index in [2.05, 4.69) is 4.98 Å². The molecule has 2 heterocycles. The SMILES string of the molecule is COC(=O)C1CN(C(=O)c2ccc(C#N)cn2)CC1C. The Labute approximate surface area is 117 Å². The first-order valence-corrected chi connectivity index (χ1v) is 6.30. The van der Waals surface area contributed by atoms with Crippen LogP contribution in [-0.2, 0) is 9.53 Å². The van der Waals surface area contributed by atoms with Crippen molar-refractivity contribution in [3.05, 3.63) is 29.6 Å². The van der Waals surface area contributed by atoms with Gasteiger partial charge < -0.3 is 9.64 Å². The van der Waals surface area contributed by atoms with Gasteiger partial charge in [-0.25, -0.2) is 4.98 Å². The summed E-state index contributed by atoms with van der Waals surface area (Å²) >= 11 is 0. The van der Waals surface area contributed by atoms with Gasteiger partial charge in [0.15, 0.2) is 0 Å². The Kier molecular flexibility index (Phi) is 3.99. The van der Waals surface area contributed by atoms with Gasteiger partial charge in [0.2, 0.25) is 0 Å². The molecular formula is C14H15N3O3. The zero-order chi connectivity index (χ0) is 14.7. The average molecular weight is 273 g/mol. The second kappa shape index (κ2) is 5.70. The van der Waals surface area contributed by atoms with Crippen LogP contribution in [-0.4, -0.2) is 42.0 Å². The van der Waals surface area contributed by atoms with Gasteiger partial charge >= 0.3 is 5.97 Å². The molecule has 2 atom stereocenters. The van der Waals surface area contributed by atoms with Crippen LogP contribution in [0.4, 0.5) is 0 Å². The van der Waals surface area contributed by atoms with Gasteiger partial charge in [-0.15, -0.1) is 0 Å². The number of aromatic nitrogens is 1. The van der Waals surface area contributed by atoms with E-state index in [0.717, 1.165) is 0 Å². The number of esters is 1. The molecule has 1 aliphatic rings. The number of carbonyl (C=O) groups is 2. The number of pyridine rings is 1. The molecule has 1 saturated heterocycles. The molecule has 0 aromatic carbocycles. The van der Waals surface area contributed by atoms with Crippen LogP contribution < -0.4 is 0 Å². The van der Waals surface area contributed by atoms with Crippen LogP contribution in [0.5, 0.6) is 0 Å². The highest BCUT2D eigenvalue weighted by Crippen LogP contribution is 2.25. The second-order valence-corrected chi connectivity index (χ2v) is 4.86. The summed E-state index contributed by atoms with van der Waals surface area (Å²) in [5, 5.41) is 8.70. The van der Waals surface area contributed by atoms with E-state index < -0.39 is 0 Å². The standard InChI is InChI=1S/C14H15N3O3/c1-9-7-17(8-11(9)14(19)20-2)13(18)12-4-3-10(5-15)6-16-12/h3-4,6,9,11H,7-8H2,1-2H3. The van der Waals surface area contributed by atoms with Crippen LogP contribution in [0, 0.1) is 23.2 Å². The average Bonchev–Trinajstić information content (AvgIpc) is 2.87. The van der Waals surface area contributed by atoms with Crippen LogP contribution in [0.3, 0.4) is 0 Å². The first kappa shape index (κ1) is 14.0. The summed E-state index contributed by atoms with van der Waals surface area (Å²) in [7, 11) is 1.35. The fourth-order valence-corrected chi connectivity index (χ4v) is 2.34. The zero-order valence-corrected chi connectivity index (χ0v) is 11.4.